The second-order valence-electron chi connectivity index (χ2n) is 3.69. The molecule has 0 rings (SSSR count). The van der Waals surface area contributed by atoms with Crippen LogP contribution >= 0.6 is 12.4 Å². The molecule has 1 N–H and O–H groups in total. The zero-order chi connectivity index (χ0) is 10.8. The van der Waals surface area contributed by atoms with Gasteiger partial charge in [-0.3, -0.25) is 4.79 Å². The molecule has 0 aromatic carbocycles. The maximum Gasteiger partial charge on any atom is 0.303 e. The lowest BCUT2D eigenvalue weighted by Gasteiger charge is -2.20. The first-order chi connectivity index (χ1) is 6.70. The van der Waals surface area contributed by atoms with Crippen molar-refractivity contribution in [2.45, 2.75) is 46.0 Å². The fourth-order valence-corrected chi connectivity index (χ4v) is 1.58. The Balaban J connectivity index is 0. The molecule has 92 valence electrons. The van der Waals surface area contributed by atoms with E-state index in [4.69, 9.17) is 5.11 Å². The molecule has 0 fully saturated rings. The summed E-state index contributed by atoms with van der Waals surface area (Å²) >= 11 is 0. The summed E-state index contributed by atoms with van der Waals surface area (Å²) < 4.78 is 0. The maximum absolute atomic E-state index is 10.3. The number of carbonyl (C=O) groups is 1. The SMILES string of the molecule is CCCN(CCC)CCCCC(=O)O.Cl. The number of aliphatic carboxylic acids is 1. The van der Waals surface area contributed by atoms with Crippen LogP contribution in [0.2, 0.25) is 0 Å². The average Bonchev–Trinajstić information content (AvgIpc) is 2.12. The molecule has 3 nitrogen and oxygen atoms in total. The van der Waals surface area contributed by atoms with E-state index in [-0.39, 0.29) is 12.4 Å². The van der Waals surface area contributed by atoms with E-state index in [9.17, 15) is 4.79 Å². The number of hydrogen-bond donors (Lipinski definition) is 1. The summed E-state index contributed by atoms with van der Waals surface area (Å²) in [5.41, 5.74) is 0. The van der Waals surface area contributed by atoms with Gasteiger partial charge >= 0.3 is 5.97 Å². The first-order valence-electron chi connectivity index (χ1n) is 5.64. The average molecular weight is 238 g/mol. The molecule has 0 aromatic rings. The van der Waals surface area contributed by atoms with Crippen molar-refractivity contribution in [3.63, 3.8) is 0 Å². The van der Waals surface area contributed by atoms with Crippen molar-refractivity contribution in [2.75, 3.05) is 19.6 Å². The molecule has 0 saturated heterocycles. The van der Waals surface area contributed by atoms with Crippen LogP contribution in [0.3, 0.4) is 0 Å². The van der Waals surface area contributed by atoms with E-state index >= 15 is 0 Å². The van der Waals surface area contributed by atoms with E-state index in [1.807, 2.05) is 0 Å². The molecular formula is C11H24ClNO2. The van der Waals surface area contributed by atoms with E-state index in [0.29, 0.717) is 6.42 Å². The van der Waals surface area contributed by atoms with Gasteiger partial charge in [0.05, 0.1) is 0 Å². The van der Waals surface area contributed by atoms with Crippen LogP contribution in [0.4, 0.5) is 0 Å². The topological polar surface area (TPSA) is 40.5 Å². The fourth-order valence-electron chi connectivity index (χ4n) is 1.58. The second kappa shape index (κ2) is 11.8. The molecule has 0 atom stereocenters. The van der Waals surface area contributed by atoms with Gasteiger partial charge in [0, 0.05) is 6.42 Å². The van der Waals surface area contributed by atoms with Crippen LogP contribution in [0.15, 0.2) is 0 Å². The highest BCUT2D eigenvalue weighted by Gasteiger charge is 2.02. The van der Waals surface area contributed by atoms with Crippen LogP contribution in [-0.4, -0.2) is 35.6 Å². The molecule has 0 bridgehead atoms. The van der Waals surface area contributed by atoms with Gasteiger partial charge < -0.3 is 10.0 Å². The molecule has 4 heteroatoms. The van der Waals surface area contributed by atoms with Gasteiger partial charge in [0.15, 0.2) is 0 Å². The molecule has 0 saturated carbocycles. The van der Waals surface area contributed by atoms with Crippen LogP contribution in [0, 0.1) is 0 Å². The van der Waals surface area contributed by atoms with E-state index in [2.05, 4.69) is 18.7 Å². The number of carboxylic acids is 1. The lowest BCUT2D eigenvalue weighted by Crippen LogP contribution is -2.26. The molecule has 0 aliphatic rings. The largest absolute Gasteiger partial charge is 0.481 e. The Kier molecular flexibility index (Phi) is 13.5. The van der Waals surface area contributed by atoms with Crippen LogP contribution in [0.1, 0.15) is 46.0 Å². The maximum atomic E-state index is 10.3. The summed E-state index contributed by atoms with van der Waals surface area (Å²) in [6, 6.07) is 0. The van der Waals surface area contributed by atoms with Crippen LogP contribution in [0.5, 0.6) is 0 Å². The highest BCUT2D eigenvalue weighted by Crippen LogP contribution is 2.01. The first-order valence-corrected chi connectivity index (χ1v) is 5.64. The van der Waals surface area contributed by atoms with Gasteiger partial charge in [-0.2, -0.15) is 0 Å². The highest BCUT2D eigenvalue weighted by molar-refractivity contribution is 5.85. The van der Waals surface area contributed by atoms with E-state index in [1.54, 1.807) is 0 Å². The summed E-state index contributed by atoms with van der Waals surface area (Å²) in [5, 5.41) is 8.47. The third-order valence-electron chi connectivity index (χ3n) is 2.19. The minimum Gasteiger partial charge on any atom is -0.481 e. The van der Waals surface area contributed by atoms with Crippen molar-refractivity contribution in [3.8, 4) is 0 Å². The Morgan fingerprint density at radius 2 is 1.60 bits per heavy atom. The lowest BCUT2D eigenvalue weighted by atomic mass is 10.2. The quantitative estimate of drug-likeness (QED) is 0.627. The van der Waals surface area contributed by atoms with Crippen LogP contribution in [0.25, 0.3) is 0 Å². The molecule has 0 heterocycles. The Bertz CT molecular complexity index is 148. The van der Waals surface area contributed by atoms with Gasteiger partial charge in [0.1, 0.15) is 0 Å². The lowest BCUT2D eigenvalue weighted by molar-refractivity contribution is -0.137. The summed E-state index contributed by atoms with van der Waals surface area (Å²) in [5.74, 6) is -0.678. The third kappa shape index (κ3) is 11.6. The van der Waals surface area contributed by atoms with Crippen molar-refractivity contribution in [1.29, 1.82) is 0 Å². The number of carboxylic acid groups (broad SMARTS) is 1. The van der Waals surface area contributed by atoms with Gasteiger partial charge in [-0.05, 0) is 45.3 Å². The predicted molar refractivity (Wildman–Crippen MR) is 65.8 cm³/mol. The van der Waals surface area contributed by atoms with Crippen molar-refractivity contribution < 1.29 is 9.90 Å². The van der Waals surface area contributed by atoms with Crippen LogP contribution < -0.4 is 0 Å². The normalized spacial score (nSPS) is 10.1. The van der Waals surface area contributed by atoms with E-state index in [1.165, 1.54) is 12.8 Å². The molecule has 0 aliphatic heterocycles. The monoisotopic (exact) mass is 237 g/mol. The third-order valence-corrected chi connectivity index (χ3v) is 2.19. The summed E-state index contributed by atoms with van der Waals surface area (Å²) in [6.07, 6.45) is 4.48. The van der Waals surface area contributed by atoms with E-state index < -0.39 is 5.97 Å². The number of hydrogen-bond acceptors (Lipinski definition) is 2. The van der Waals surface area contributed by atoms with Crippen molar-refractivity contribution in [2.24, 2.45) is 0 Å². The Hall–Kier alpha value is -0.280. The van der Waals surface area contributed by atoms with Gasteiger partial charge in [0.2, 0.25) is 0 Å². The molecule has 0 aliphatic carbocycles. The van der Waals surface area contributed by atoms with Crippen LogP contribution in [-0.2, 0) is 4.79 Å². The Labute approximate surface area is 99.3 Å². The number of nitrogens with zero attached hydrogens (tertiary/aromatic N) is 1. The standard InChI is InChI=1S/C11H23NO2.ClH/c1-3-8-12(9-4-2)10-6-5-7-11(13)14;/h3-10H2,1-2H3,(H,13,14);1H. The van der Waals surface area contributed by atoms with Crippen molar-refractivity contribution in [3.05, 3.63) is 0 Å². The minimum atomic E-state index is -0.678. The zero-order valence-electron chi connectivity index (χ0n) is 9.87. The first kappa shape index (κ1) is 17.1. The zero-order valence-corrected chi connectivity index (χ0v) is 10.7. The molecule has 0 aromatic heterocycles. The number of halogens is 1. The molecule has 0 amide bonds. The van der Waals surface area contributed by atoms with Gasteiger partial charge in [-0.15, -0.1) is 12.4 Å². The summed E-state index contributed by atoms with van der Waals surface area (Å²) in [4.78, 5) is 12.7. The fraction of sp³-hybridized carbons (Fsp3) is 0.909. The Morgan fingerprint density at radius 3 is 2.00 bits per heavy atom. The predicted octanol–water partition coefficient (Wildman–Crippen LogP) is 2.79. The molecule has 0 unspecified atom stereocenters. The number of unbranched alkanes of at least 4 members (excludes halogenated alkanes) is 1. The van der Waals surface area contributed by atoms with E-state index in [0.717, 1.165) is 32.5 Å². The molecule has 0 spiro atoms. The minimum absolute atomic E-state index is 0. The smallest absolute Gasteiger partial charge is 0.303 e. The van der Waals surface area contributed by atoms with Gasteiger partial charge in [-0.25, -0.2) is 0 Å². The highest BCUT2D eigenvalue weighted by atomic mass is 35.5. The number of rotatable bonds is 9. The molecule has 15 heavy (non-hydrogen) atoms. The van der Waals surface area contributed by atoms with Crippen molar-refractivity contribution in [1.82, 2.24) is 4.90 Å². The van der Waals surface area contributed by atoms with Gasteiger partial charge in [-0.1, -0.05) is 13.8 Å². The Morgan fingerprint density at radius 1 is 1.07 bits per heavy atom. The molecular weight excluding hydrogens is 214 g/mol. The second-order valence-corrected chi connectivity index (χ2v) is 3.69. The van der Waals surface area contributed by atoms with Gasteiger partial charge in [0.25, 0.3) is 0 Å². The summed E-state index contributed by atoms with van der Waals surface area (Å²) in [7, 11) is 0. The molecule has 0 radical (unpaired) electrons. The summed E-state index contributed by atoms with van der Waals surface area (Å²) in [6.45, 7) is 7.69. The van der Waals surface area contributed by atoms with Crippen molar-refractivity contribution >= 4 is 18.4 Å².